The number of hydrogen-bond acceptors (Lipinski definition) is 3. The number of aromatic nitrogens is 1. The van der Waals surface area contributed by atoms with E-state index < -0.39 is 0 Å². The van der Waals surface area contributed by atoms with Crippen molar-refractivity contribution in [2.45, 2.75) is 19.8 Å². The van der Waals surface area contributed by atoms with E-state index in [1.807, 2.05) is 37.5 Å². The molecule has 0 radical (unpaired) electrons. The number of nitrogens with two attached hydrogens (primary N) is 1. The number of carbonyl (C=O) groups is 1. The van der Waals surface area contributed by atoms with Gasteiger partial charge in [0.1, 0.15) is 5.75 Å². The molecule has 100 valence electrons. The number of amides is 1. The lowest BCUT2D eigenvalue weighted by atomic mass is 9.98. The van der Waals surface area contributed by atoms with Gasteiger partial charge in [-0.25, -0.2) is 0 Å². The number of primary amides is 1. The van der Waals surface area contributed by atoms with Crippen LogP contribution in [0.15, 0.2) is 30.6 Å². The summed E-state index contributed by atoms with van der Waals surface area (Å²) in [7, 11) is 1.65. The summed E-state index contributed by atoms with van der Waals surface area (Å²) in [6.07, 6.45) is 5.18. The molecule has 0 saturated heterocycles. The van der Waals surface area contributed by atoms with Crippen molar-refractivity contribution in [2.75, 3.05) is 7.11 Å². The van der Waals surface area contributed by atoms with Crippen LogP contribution < -0.4 is 10.5 Å². The molecule has 4 nitrogen and oxygen atoms in total. The van der Waals surface area contributed by atoms with Gasteiger partial charge in [-0.3, -0.25) is 9.78 Å². The molecule has 4 heteroatoms. The summed E-state index contributed by atoms with van der Waals surface area (Å²) >= 11 is 0. The van der Waals surface area contributed by atoms with Gasteiger partial charge >= 0.3 is 0 Å². The Hall–Kier alpha value is -2.10. The second kappa shape index (κ2) is 5.69. The van der Waals surface area contributed by atoms with Gasteiger partial charge in [0.25, 0.3) is 0 Å². The minimum Gasteiger partial charge on any atom is -0.497 e. The Morgan fingerprint density at radius 1 is 1.42 bits per heavy atom. The molecule has 2 aromatic rings. The van der Waals surface area contributed by atoms with Gasteiger partial charge in [0.15, 0.2) is 0 Å². The normalized spacial score (nSPS) is 12.3. The van der Waals surface area contributed by atoms with Crippen LogP contribution in [0.25, 0.3) is 10.8 Å². The fraction of sp³-hybridized carbons (Fsp3) is 0.333. The number of benzene rings is 1. The van der Waals surface area contributed by atoms with Crippen LogP contribution in [0.4, 0.5) is 0 Å². The fourth-order valence-electron chi connectivity index (χ4n) is 2.04. The average molecular weight is 258 g/mol. The molecule has 0 aliphatic heterocycles. The van der Waals surface area contributed by atoms with Crippen LogP contribution in [0.5, 0.6) is 5.75 Å². The Labute approximate surface area is 112 Å². The Morgan fingerprint density at radius 2 is 2.21 bits per heavy atom. The van der Waals surface area contributed by atoms with Crippen LogP contribution in [0.1, 0.15) is 18.9 Å². The fourth-order valence-corrected chi connectivity index (χ4v) is 2.04. The van der Waals surface area contributed by atoms with Crippen molar-refractivity contribution in [2.24, 2.45) is 11.7 Å². The summed E-state index contributed by atoms with van der Waals surface area (Å²) in [5.41, 5.74) is 6.40. The van der Waals surface area contributed by atoms with Crippen LogP contribution in [0.3, 0.4) is 0 Å². The van der Waals surface area contributed by atoms with Crippen molar-refractivity contribution < 1.29 is 9.53 Å². The third kappa shape index (κ3) is 3.02. The topological polar surface area (TPSA) is 65.2 Å². The zero-order valence-corrected chi connectivity index (χ0v) is 11.2. The summed E-state index contributed by atoms with van der Waals surface area (Å²) < 4.78 is 5.25. The van der Waals surface area contributed by atoms with Gasteiger partial charge in [-0.2, -0.15) is 0 Å². The van der Waals surface area contributed by atoms with E-state index in [0.717, 1.165) is 34.9 Å². The third-order valence-corrected chi connectivity index (χ3v) is 3.38. The summed E-state index contributed by atoms with van der Waals surface area (Å²) in [4.78, 5) is 15.3. The maximum absolute atomic E-state index is 11.1. The predicted molar refractivity (Wildman–Crippen MR) is 75.0 cm³/mol. The Kier molecular flexibility index (Phi) is 4.00. The smallest absolute Gasteiger partial charge is 0.220 e. The first-order valence-electron chi connectivity index (χ1n) is 6.31. The van der Waals surface area contributed by atoms with Gasteiger partial charge in [-0.15, -0.1) is 0 Å². The number of methoxy groups -OCH3 is 1. The second-order valence-electron chi connectivity index (χ2n) is 4.73. The molecule has 2 N–H and O–H groups in total. The first-order chi connectivity index (χ1) is 9.11. The van der Waals surface area contributed by atoms with Gasteiger partial charge in [0.2, 0.25) is 5.91 Å². The zero-order valence-electron chi connectivity index (χ0n) is 11.2. The minimum absolute atomic E-state index is 0.124. The van der Waals surface area contributed by atoms with Gasteiger partial charge in [-0.1, -0.05) is 6.92 Å². The van der Waals surface area contributed by atoms with E-state index in [-0.39, 0.29) is 11.8 Å². The summed E-state index contributed by atoms with van der Waals surface area (Å²) in [6.45, 7) is 1.85. The lowest BCUT2D eigenvalue weighted by Crippen LogP contribution is -2.20. The van der Waals surface area contributed by atoms with Gasteiger partial charge in [-0.05, 0) is 42.0 Å². The summed E-state index contributed by atoms with van der Waals surface area (Å²) in [5, 5.41) is 2.19. The SMILES string of the molecule is COc1ccc2cncc(CCC(C)C(N)=O)c2c1. The van der Waals surface area contributed by atoms with Crippen LogP contribution in [0.2, 0.25) is 0 Å². The summed E-state index contributed by atoms with van der Waals surface area (Å²) in [6, 6.07) is 5.91. The monoisotopic (exact) mass is 258 g/mol. The molecule has 0 aliphatic carbocycles. The number of aryl methyl sites for hydroxylation is 1. The standard InChI is InChI=1S/C15H18N2O2/c1-10(15(16)18)3-4-11-8-17-9-12-5-6-13(19-2)7-14(11)12/h5-10H,3-4H2,1-2H3,(H2,16,18). The number of nitrogens with zero attached hydrogens (tertiary/aromatic N) is 1. The molecule has 0 bridgehead atoms. The lowest BCUT2D eigenvalue weighted by Gasteiger charge is -2.10. The van der Waals surface area contributed by atoms with E-state index in [4.69, 9.17) is 10.5 Å². The predicted octanol–water partition coefficient (Wildman–Crippen LogP) is 2.30. The van der Waals surface area contributed by atoms with Crippen LogP contribution in [-0.4, -0.2) is 18.0 Å². The lowest BCUT2D eigenvalue weighted by molar-refractivity contribution is -0.121. The maximum Gasteiger partial charge on any atom is 0.220 e. The van der Waals surface area contributed by atoms with Crippen LogP contribution in [-0.2, 0) is 11.2 Å². The number of fused-ring (bicyclic) bond motifs is 1. The highest BCUT2D eigenvalue weighted by molar-refractivity contribution is 5.86. The number of hydrogen-bond donors (Lipinski definition) is 1. The van der Waals surface area contributed by atoms with Crippen molar-refractivity contribution in [1.82, 2.24) is 4.98 Å². The quantitative estimate of drug-likeness (QED) is 0.894. The molecule has 0 spiro atoms. The molecule has 1 amide bonds. The molecule has 1 heterocycles. The van der Waals surface area contributed by atoms with Crippen molar-refractivity contribution in [3.63, 3.8) is 0 Å². The van der Waals surface area contributed by atoms with E-state index in [1.165, 1.54) is 0 Å². The molecular formula is C15H18N2O2. The molecule has 0 aliphatic rings. The highest BCUT2D eigenvalue weighted by Gasteiger charge is 2.10. The van der Waals surface area contributed by atoms with E-state index in [1.54, 1.807) is 7.11 Å². The molecule has 2 rings (SSSR count). The molecule has 1 aromatic carbocycles. The van der Waals surface area contributed by atoms with E-state index >= 15 is 0 Å². The van der Waals surface area contributed by atoms with Gasteiger partial charge in [0, 0.05) is 23.7 Å². The first-order valence-corrected chi connectivity index (χ1v) is 6.31. The second-order valence-corrected chi connectivity index (χ2v) is 4.73. The van der Waals surface area contributed by atoms with E-state index in [2.05, 4.69) is 4.98 Å². The van der Waals surface area contributed by atoms with Crippen molar-refractivity contribution in [3.8, 4) is 5.75 Å². The highest BCUT2D eigenvalue weighted by Crippen LogP contribution is 2.24. The highest BCUT2D eigenvalue weighted by atomic mass is 16.5. The number of pyridine rings is 1. The maximum atomic E-state index is 11.1. The van der Waals surface area contributed by atoms with Crippen molar-refractivity contribution in [1.29, 1.82) is 0 Å². The number of carbonyl (C=O) groups excluding carboxylic acids is 1. The van der Waals surface area contributed by atoms with Crippen molar-refractivity contribution in [3.05, 3.63) is 36.2 Å². The molecular weight excluding hydrogens is 240 g/mol. The molecule has 1 aromatic heterocycles. The molecule has 0 saturated carbocycles. The van der Waals surface area contributed by atoms with Gasteiger partial charge in [0.05, 0.1) is 7.11 Å². The summed E-state index contributed by atoms with van der Waals surface area (Å²) in [5.74, 6) is 0.439. The molecule has 0 fully saturated rings. The molecule has 19 heavy (non-hydrogen) atoms. The zero-order chi connectivity index (χ0) is 13.8. The minimum atomic E-state index is -0.259. The Bertz CT molecular complexity index is 596. The first kappa shape index (κ1) is 13.3. The van der Waals surface area contributed by atoms with Crippen LogP contribution >= 0.6 is 0 Å². The van der Waals surface area contributed by atoms with E-state index in [0.29, 0.717) is 0 Å². The van der Waals surface area contributed by atoms with Gasteiger partial charge < -0.3 is 10.5 Å². The third-order valence-electron chi connectivity index (χ3n) is 3.38. The van der Waals surface area contributed by atoms with E-state index in [9.17, 15) is 4.79 Å². The number of ether oxygens (including phenoxy) is 1. The molecule has 1 atom stereocenters. The Balaban J connectivity index is 2.29. The molecule has 1 unspecified atom stereocenters. The Morgan fingerprint density at radius 3 is 2.89 bits per heavy atom. The number of rotatable bonds is 5. The largest absolute Gasteiger partial charge is 0.497 e. The van der Waals surface area contributed by atoms with Crippen LogP contribution in [0, 0.1) is 5.92 Å². The average Bonchev–Trinajstić information content (AvgIpc) is 2.43. The van der Waals surface area contributed by atoms with Crippen molar-refractivity contribution >= 4 is 16.7 Å².